The highest BCUT2D eigenvalue weighted by Crippen LogP contribution is 2.28. The molecule has 3 rings (SSSR count). The molecule has 3 amide bonds. The van der Waals surface area contributed by atoms with Crippen LogP contribution in [0.25, 0.3) is 0 Å². The van der Waals surface area contributed by atoms with Gasteiger partial charge in [0.05, 0.1) is 5.92 Å². The zero-order chi connectivity index (χ0) is 19.4. The summed E-state index contributed by atoms with van der Waals surface area (Å²) < 4.78 is 0. The van der Waals surface area contributed by atoms with Gasteiger partial charge in [0.2, 0.25) is 17.7 Å². The lowest BCUT2D eigenvalue weighted by atomic mass is 10.1. The molecule has 1 aliphatic heterocycles. The molecular formula is C21H23N3O3. The summed E-state index contributed by atoms with van der Waals surface area (Å²) in [7, 11) is 0. The summed E-state index contributed by atoms with van der Waals surface area (Å²) in [6, 6.07) is 14.8. The Morgan fingerprint density at radius 3 is 2.63 bits per heavy atom. The van der Waals surface area contributed by atoms with E-state index >= 15 is 0 Å². The van der Waals surface area contributed by atoms with Crippen LogP contribution in [0.2, 0.25) is 0 Å². The third kappa shape index (κ3) is 4.34. The van der Waals surface area contributed by atoms with Crippen LogP contribution in [-0.4, -0.2) is 24.3 Å². The first-order valence-corrected chi connectivity index (χ1v) is 9.04. The van der Waals surface area contributed by atoms with Crippen molar-refractivity contribution in [3.05, 3.63) is 54.1 Å². The standard InChI is InChI=1S/C21H23N3O3/c1-3-15-7-4-5-10-19(15)23-21(27)16-11-20(26)24(13-16)18-9-6-8-17(12-18)22-14(2)25/h4-10,12,16H,3,11,13H2,1-2H3,(H,22,25)(H,23,27)/t16-/m1/s1. The first-order chi connectivity index (χ1) is 13.0. The second-order valence-electron chi connectivity index (χ2n) is 6.64. The lowest BCUT2D eigenvalue weighted by molar-refractivity contribution is -0.122. The summed E-state index contributed by atoms with van der Waals surface area (Å²) >= 11 is 0. The third-order valence-corrected chi connectivity index (χ3v) is 4.63. The van der Waals surface area contributed by atoms with Crippen molar-refractivity contribution in [3.8, 4) is 0 Å². The minimum Gasteiger partial charge on any atom is -0.326 e. The van der Waals surface area contributed by atoms with Crippen LogP contribution in [0.1, 0.15) is 25.8 Å². The van der Waals surface area contributed by atoms with Crippen LogP contribution in [0.4, 0.5) is 17.1 Å². The molecule has 0 saturated carbocycles. The third-order valence-electron chi connectivity index (χ3n) is 4.63. The van der Waals surface area contributed by atoms with Gasteiger partial charge in [0, 0.05) is 37.0 Å². The van der Waals surface area contributed by atoms with E-state index in [-0.39, 0.29) is 24.1 Å². The Labute approximate surface area is 158 Å². The van der Waals surface area contributed by atoms with E-state index in [1.165, 1.54) is 6.92 Å². The maximum absolute atomic E-state index is 12.7. The Hall–Kier alpha value is -3.15. The van der Waals surface area contributed by atoms with Crippen LogP contribution in [0.5, 0.6) is 0 Å². The molecule has 140 valence electrons. The number of benzene rings is 2. The number of para-hydroxylation sites is 1. The van der Waals surface area contributed by atoms with Gasteiger partial charge >= 0.3 is 0 Å². The van der Waals surface area contributed by atoms with Gasteiger partial charge in [-0.2, -0.15) is 0 Å². The molecule has 2 N–H and O–H groups in total. The van der Waals surface area contributed by atoms with E-state index in [4.69, 9.17) is 0 Å². The molecule has 2 aromatic carbocycles. The van der Waals surface area contributed by atoms with Crippen molar-refractivity contribution in [1.29, 1.82) is 0 Å². The average molecular weight is 365 g/mol. The molecule has 1 atom stereocenters. The topological polar surface area (TPSA) is 78.5 Å². The summed E-state index contributed by atoms with van der Waals surface area (Å²) in [6.07, 6.45) is 0.993. The second kappa shape index (κ2) is 8.03. The van der Waals surface area contributed by atoms with Crippen LogP contribution in [0.3, 0.4) is 0 Å². The molecule has 1 aliphatic rings. The van der Waals surface area contributed by atoms with Gasteiger partial charge in [-0.1, -0.05) is 31.2 Å². The van der Waals surface area contributed by atoms with Crippen molar-refractivity contribution in [2.75, 3.05) is 22.1 Å². The van der Waals surface area contributed by atoms with Crippen molar-refractivity contribution in [1.82, 2.24) is 0 Å². The molecule has 1 saturated heterocycles. The van der Waals surface area contributed by atoms with Crippen molar-refractivity contribution in [3.63, 3.8) is 0 Å². The molecular weight excluding hydrogens is 342 g/mol. The van der Waals surface area contributed by atoms with Crippen LogP contribution in [-0.2, 0) is 20.8 Å². The van der Waals surface area contributed by atoms with Crippen LogP contribution in [0, 0.1) is 5.92 Å². The highest BCUT2D eigenvalue weighted by Gasteiger charge is 2.35. The normalized spacial score (nSPS) is 16.3. The summed E-state index contributed by atoms with van der Waals surface area (Å²) in [5.74, 6) is -0.831. The first-order valence-electron chi connectivity index (χ1n) is 9.04. The molecule has 0 bridgehead atoms. The van der Waals surface area contributed by atoms with Crippen molar-refractivity contribution in [2.24, 2.45) is 5.92 Å². The Morgan fingerprint density at radius 2 is 1.89 bits per heavy atom. The SMILES string of the molecule is CCc1ccccc1NC(=O)[C@@H]1CC(=O)N(c2cccc(NC(C)=O)c2)C1. The highest BCUT2D eigenvalue weighted by molar-refractivity contribution is 6.04. The molecule has 27 heavy (non-hydrogen) atoms. The number of aryl methyl sites for hydroxylation is 1. The van der Waals surface area contributed by atoms with E-state index in [2.05, 4.69) is 10.6 Å². The molecule has 6 heteroatoms. The van der Waals surface area contributed by atoms with Gasteiger partial charge in [-0.3, -0.25) is 14.4 Å². The van der Waals surface area contributed by atoms with E-state index in [1.54, 1.807) is 29.2 Å². The smallest absolute Gasteiger partial charge is 0.229 e. The van der Waals surface area contributed by atoms with E-state index in [0.717, 1.165) is 17.7 Å². The van der Waals surface area contributed by atoms with E-state index in [9.17, 15) is 14.4 Å². The van der Waals surface area contributed by atoms with Gasteiger partial charge in [-0.15, -0.1) is 0 Å². The fraction of sp³-hybridized carbons (Fsp3) is 0.286. The molecule has 0 aliphatic carbocycles. The Kier molecular flexibility index (Phi) is 5.54. The number of nitrogens with zero attached hydrogens (tertiary/aromatic N) is 1. The number of carbonyl (C=O) groups is 3. The summed E-state index contributed by atoms with van der Waals surface area (Å²) in [5, 5.41) is 5.67. The number of nitrogens with one attached hydrogen (secondary N) is 2. The minimum absolute atomic E-state index is 0.0982. The van der Waals surface area contributed by atoms with E-state index in [1.807, 2.05) is 31.2 Å². The van der Waals surface area contributed by atoms with Crippen molar-refractivity contribution in [2.45, 2.75) is 26.7 Å². The largest absolute Gasteiger partial charge is 0.326 e. The van der Waals surface area contributed by atoms with Crippen LogP contribution >= 0.6 is 0 Å². The quantitative estimate of drug-likeness (QED) is 0.854. The number of carbonyl (C=O) groups excluding carboxylic acids is 3. The summed E-state index contributed by atoms with van der Waals surface area (Å²) in [5.41, 5.74) is 3.16. The molecule has 0 aromatic heterocycles. The predicted octanol–water partition coefficient (Wildman–Crippen LogP) is 3.20. The van der Waals surface area contributed by atoms with Gasteiger partial charge in [-0.25, -0.2) is 0 Å². The second-order valence-corrected chi connectivity index (χ2v) is 6.64. The maximum atomic E-state index is 12.7. The molecule has 6 nitrogen and oxygen atoms in total. The van der Waals surface area contributed by atoms with Crippen LogP contribution in [0.15, 0.2) is 48.5 Å². The number of amides is 3. The lowest BCUT2D eigenvalue weighted by Gasteiger charge is -2.18. The Balaban J connectivity index is 1.71. The fourth-order valence-electron chi connectivity index (χ4n) is 3.27. The Bertz CT molecular complexity index is 878. The molecule has 0 spiro atoms. The summed E-state index contributed by atoms with van der Waals surface area (Å²) in [6.45, 7) is 3.79. The minimum atomic E-state index is -0.410. The number of rotatable bonds is 5. The van der Waals surface area contributed by atoms with Crippen molar-refractivity contribution >= 4 is 34.8 Å². The monoisotopic (exact) mass is 365 g/mol. The molecule has 0 radical (unpaired) electrons. The first kappa shape index (κ1) is 18.6. The fourth-order valence-corrected chi connectivity index (χ4v) is 3.27. The summed E-state index contributed by atoms with van der Waals surface area (Å²) in [4.78, 5) is 38.0. The zero-order valence-corrected chi connectivity index (χ0v) is 15.5. The number of hydrogen-bond acceptors (Lipinski definition) is 3. The van der Waals surface area contributed by atoms with E-state index in [0.29, 0.717) is 17.9 Å². The molecule has 1 heterocycles. The van der Waals surface area contributed by atoms with Gasteiger partial charge in [0.25, 0.3) is 0 Å². The van der Waals surface area contributed by atoms with Crippen LogP contribution < -0.4 is 15.5 Å². The average Bonchev–Trinajstić information content (AvgIpc) is 3.04. The molecule has 0 unspecified atom stereocenters. The van der Waals surface area contributed by atoms with E-state index < -0.39 is 5.92 Å². The van der Waals surface area contributed by atoms with Gasteiger partial charge < -0.3 is 15.5 Å². The lowest BCUT2D eigenvalue weighted by Crippen LogP contribution is -2.28. The van der Waals surface area contributed by atoms with Gasteiger partial charge in [-0.05, 0) is 36.2 Å². The molecule has 1 fully saturated rings. The number of anilines is 3. The molecule has 2 aromatic rings. The van der Waals surface area contributed by atoms with Crippen molar-refractivity contribution < 1.29 is 14.4 Å². The zero-order valence-electron chi connectivity index (χ0n) is 15.5. The predicted molar refractivity (Wildman–Crippen MR) is 106 cm³/mol. The van der Waals surface area contributed by atoms with Gasteiger partial charge in [0.15, 0.2) is 0 Å². The van der Waals surface area contributed by atoms with Gasteiger partial charge in [0.1, 0.15) is 0 Å². The maximum Gasteiger partial charge on any atom is 0.229 e. The number of hydrogen-bond donors (Lipinski definition) is 2. The Morgan fingerprint density at radius 1 is 1.11 bits per heavy atom. The highest BCUT2D eigenvalue weighted by atomic mass is 16.2.